The quantitative estimate of drug-likeness (QED) is 0.849. The largest absolute Gasteiger partial charge is 0.494 e. The van der Waals surface area contributed by atoms with Crippen LogP contribution in [0.5, 0.6) is 5.75 Å². The molecule has 2 aromatic carbocycles. The van der Waals surface area contributed by atoms with E-state index in [1.165, 1.54) is 4.90 Å². The molecule has 0 aromatic heterocycles. The fraction of sp³-hybridized carbons (Fsp3) is 0.300. The van der Waals surface area contributed by atoms with Crippen molar-refractivity contribution in [3.05, 3.63) is 53.6 Å². The number of hydrogen-bond acceptors (Lipinski definition) is 4. The highest BCUT2D eigenvalue weighted by Crippen LogP contribution is 2.28. The normalized spacial score (nSPS) is 17.1. The molecule has 1 heterocycles. The smallest absolute Gasteiger partial charge is 0.256 e. The molecular weight excluding hydrogens is 316 g/mol. The summed E-state index contributed by atoms with van der Waals surface area (Å²) < 4.78 is 5.41. The van der Waals surface area contributed by atoms with E-state index in [1.54, 1.807) is 0 Å². The molecule has 1 N–H and O–H groups in total. The number of carbonyl (C=O) groups excluding carboxylic acids is 2. The van der Waals surface area contributed by atoms with Gasteiger partial charge >= 0.3 is 0 Å². The molecule has 0 aliphatic carbocycles. The number of amides is 2. The highest BCUT2D eigenvalue weighted by molar-refractivity contribution is 6.23. The average molecular weight is 338 g/mol. The summed E-state index contributed by atoms with van der Waals surface area (Å²) >= 11 is 0. The Bertz CT molecular complexity index is 799. The minimum absolute atomic E-state index is 0.152. The van der Waals surface area contributed by atoms with E-state index in [2.05, 4.69) is 5.32 Å². The monoisotopic (exact) mass is 338 g/mol. The van der Waals surface area contributed by atoms with Gasteiger partial charge in [-0.2, -0.15) is 0 Å². The van der Waals surface area contributed by atoms with Gasteiger partial charge in [0, 0.05) is 5.69 Å². The highest BCUT2D eigenvalue weighted by atomic mass is 16.5. The molecule has 25 heavy (non-hydrogen) atoms. The van der Waals surface area contributed by atoms with Crippen molar-refractivity contribution in [3.63, 3.8) is 0 Å². The first-order valence-corrected chi connectivity index (χ1v) is 8.43. The van der Waals surface area contributed by atoms with Crippen LogP contribution < -0.4 is 15.0 Å². The number of hydrogen-bond donors (Lipinski definition) is 1. The fourth-order valence-electron chi connectivity index (χ4n) is 3.07. The molecule has 5 heteroatoms. The van der Waals surface area contributed by atoms with E-state index < -0.39 is 6.04 Å². The van der Waals surface area contributed by atoms with Crippen LogP contribution in [-0.2, 0) is 9.59 Å². The van der Waals surface area contributed by atoms with E-state index in [-0.39, 0.29) is 18.2 Å². The average Bonchev–Trinajstić information content (AvgIpc) is 2.84. The van der Waals surface area contributed by atoms with Gasteiger partial charge in [0.1, 0.15) is 11.8 Å². The number of nitrogens with zero attached hydrogens (tertiary/aromatic N) is 1. The Labute approximate surface area is 147 Å². The highest BCUT2D eigenvalue weighted by Gasteiger charge is 2.40. The second-order valence-corrected chi connectivity index (χ2v) is 6.22. The molecule has 1 aliphatic heterocycles. The second-order valence-electron chi connectivity index (χ2n) is 6.22. The first-order chi connectivity index (χ1) is 12.0. The van der Waals surface area contributed by atoms with Crippen LogP contribution in [-0.4, -0.2) is 24.5 Å². The van der Waals surface area contributed by atoms with Crippen LogP contribution in [0.2, 0.25) is 0 Å². The third-order valence-corrected chi connectivity index (χ3v) is 4.25. The Hall–Kier alpha value is -2.82. The Morgan fingerprint density at radius 3 is 2.48 bits per heavy atom. The maximum atomic E-state index is 12.7. The van der Waals surface area contributed by atoms with Crippen molar-refractivity contribution in [3.8, 4) is 5.75 Å². The molecular formula is C20H22N2O3. The molecule has 2 amide bonds. The van der Waals surface area contributed by atoms with Gasteiger partial charge in [0.15, 0.2) is 0 Å². The van der Waals surface area contributed by atoms with Crippen molar-refractivity contribution in [1.29, 1.82) is 0 Å². The van der Waals surface area contributed by atoms with Crippen molar-refractivity contribution in [2.24, 2.45) is 0 Å². The van der Waals surface area contributed by atoms with Crippen molar-refractivity contribution in [2.75, 3.05) is 16.8 Å². The molecule has 1 saturated heterocycles. The molecule has 130 valence electrons. The summed E-state index contributed by atoms with van der Waals surface area (Å²) in [7, 11) is 0. The first kappa shape index (κ1) is 17.0. The first-order valence-electron chi connectivity index (χ1n) is 8.43. The van der Waals surface area contributed by atoms with Crippen LogP contribution >= 0.6 is 0 Å². The molecule has 0 spiro atoms. The molecule has 2 aromatic rings. The Morgan fingerprint density at radius 2 is 1.84 bits per heavy atom. The summed E-state index contributed by atoms with van der Waals surface area (Å²) in [6, 6.07) is 12.6. The van der Waals surface area contributed by atoms with Crippen LogP contribution in [0.15, 0.2) is 42.5 Å². The molecule has 1 aliphatic rings. The third kappa shape index (κ3) is 3.50. The number of carbonyl (C=O) groups is 2. The minimum atomic E-state index is -0.550. The van der Waals surface area contributed by atoms with Crippen LogP contribution in [0.1, 0.15) is 24.5 Å². The van der Waals surface area contributed by atoms with Gasteiger partial charge in [-0.1, -0.05) is 17.7 Å². The summed E-state index contributed by atoms with van der Waals surface area (Å²) in [6.07, 6.45) is 0.152. The molecule has 1 fully saturated rings. The van der Waals surface area contributed by atoms with E-state index in [0.717, 1.165) is 22.6 Å². The van der Waals surface area contributed by atoms with E-state index in [1.807, 2.05) is 63.2 Å². The molecule has 1 unspecified atom stereocenters. The van der Waals surface area contributed by atoms with E-state index >= 15 is 0 Å². The van der Waals surface area contributed by atoms with Crippen molar-refractivity contribution in [2.45, 2.75) is 33.2 Å². The van der Waals surface area contributed by atoms with Gasteiger partial charge in [-0.3, -0.25) is 9.59 Å². The lowest BCUT2D eigenvalue weighted by Crippen LogP contribution is -2.35. The Balaban J connectivity index is 1.76. The summed E-state index contributed by atoms with van der Waals surface area (Å²) in [5.41, 5.74) is 3.47. The number of aryl methyl sites for hydroxylation is 2. The molecule has 0 saturated carbocycles. The van der Waals surface area contributed by atoms with Gasteiger partial charge in [-0.15, -0.1) is 0 Å². The summed E-state index contributed by atoms with van der Waals surface area (Å²) in [4.78, 5) is 26.4. The number of benzene rings is 2. The predicted octanol–water partition coefficient (Wildman–Crippen LogP) is 3.45. The van der Waals surface area contributed by atoms with Gasteiger partial charge < -0.3 is 10.1 Å². The van der Waals surface area contributed by atoms with Gasteiger partial charge in [-0.25, -0.2) is 4.90 Å². The zero-order valence-electron chi connectivity index (χ0n) is 14.7. The summed E-state index contributed by atoms with van der Waals surface area (Å²) in [6.45, 7) is 6.43. The standard InChI is InChI=1S/C20H22N2O3/c1-4-25-16-8-6-15(7-9-16)21-17-12-19(23)22(20(17)24)18-10-5-13(2)11-14(18)3/h5-11,17,21H,4,12H2,1-3H3. The van der Waals surface area contributed by atoms with Crippen LogP contribution in [0.25, 0.3) is 0 Å². The Morgan fingerprint density at radius 1 is 1.12 bits per heavy atom. The molecule has 3 rings (SSSR count). The van der Waals surface area contributed by atoms with E-state index in [9.17, 15) is 9.59 Å². The van der Waals surface area contributed by atoms with E-state index in [4.69, 9.17) is 4.74 Å². The summed E-state index contributed by atoms with van der Waals surface area (Å²) in [5, 5.41) is 3.15. The Kier molecular flexibility index (Phi) is 4.74. The van der Waals surface area contributed by atoms with Gasteiger partial charge in [0.2, 0.25) is 5.91 Å². The lowest BCUT2D eigenvalue weighted by Gasteiger charge is -2.18. The minimum Gasteiger partial charge on any atom is -0.494 e. The number of imide groups is 1. The van der Waals surface area contributed by atoms with Crippen molar-refractivity contribution < 1.29 is 14.3 Å². The number of rotatable bonds is 5. The third-order valence-electron chi connectivity index (χ3n) is 4.25. The maximum absolute atomic E-state index is 12.7. The SMILES string of the molecule is CCOc1ccc(NC2CC(=O)N(c3ccc(C)cc3C)C2=O)cc1. The zero-order chi connectivity index (χ0) is 18.0. The number of ether oxygens (including phenoxy) is 1. The molecule has 0 bridgehead atoms. The molecule has 0 radical (unpaired) electrons. The lowest BCUT2D eigenvalue weighted by atomic mass is 10.1. The van der Waals surface area contributed by atoms with Crippen molar-refractivity contribution in [1.82, 2.24) is 0 Å². The summed E-state index contributed by atoms with van der Waals surface area (Å²) in [5.74, 6) is 0.380. The van der Waals surface area contributed by atoms with Crippen LogP contribution in [0.4, 0.5) is 11.4 Å². The lowest BCUT2D eigenvalue weighted by molar-refractivity contribution is -0.121. The predicted molar refractivity (Wildman–Crippen MR) is 98.0 cm³/mol. The molecule has 1 atom stereocenters. The van der Waals surface area contributed by atoms with E-state index in [0.29, 0.717) is 12.3 Å². The number of anilines is 2. The van der Waals surface area contributed by atoms with Crippen LogP contribution in [0.3, 0.4) is 0 Å². The van der Waals surface area contributed by atoms with Crippen LogP contribution in [0, 0.1) is 13.8 Å². The fourth-order valence-corrected chi connectivity index (χ4v) is 3.07. The van der Waals surface area contributed by atoms with Gasteiger partial charge in [-0.05, 0) is 56.7 Å². The number of nitrogens with one attached hydrogen (secondary N) is 1. The van der Waals surface area contributed by atoms with Gasteiger partial charge in [0.05, 0.1) is 18.7 Å². The maximum Gasteiger partial charge on any atom is 0.256 e. The molecule has 5 nitrogen and oxygen atoms in total. The van der Waals surface area contributed by atoms with Crippen molar-refractivity contribution >= 4 is 23.2 Å². The second kappa shape index (κ2) is 6.97. The zero-order valence-corrected chi connectivity index (χ0v) is 14.7. The topological polar surface area (TPSA) is 58.6 Å². The van der Waals surface area contributed by atoms with Gasteiger partial charge in [0.25, 0.3) is 5.91 Å².